The Hall–Kier alpha value is -1.10. The zero-order valence-corrected chi connectivity index (χ0v) is 10.9. The molecule has 18 heavy (non-hydrogen) atoms. The van der Waals surface area contributed by atoms with Crippen molar-refractivity contribution < 1.29 is 19.8 Å². The fourth-order valence-electron chi connectivity index (χ4n) is 1.64. The Labute approximate surface area is 114 Å². The summed E-state index contributed by atoms with van der Waals surface area (Å²) in [4.78, 5) is 22.7. The summed E-state index contributed by atoms with van der Waals surface area (Å²) in [5.74, 6) is -1.56. The number of aliphatic hydroxyl groups is 1. The van der Waals surface area contributed by atoms with Crippen LogP contribution in [0.4, 0.5) is 0 Å². The van der Waals surface area contributed by atoms with Crippen LogP contribution < -0.4 is 0 Å². The van der Waals surface area contributed by atoms with Crippen LogP contribution in [0.5, 0.6) is 0 Å². The lowest BCUT2D eigenvalue weighted by Crippen LogP contribution is -2.17. The molecule has 1 unspecified atom stereocenters. The van der Waals surface area contributed by atoms with Gasteiger partial charge in [-0.15, -0.1) is 23.2 Å². The maximum absolute atomic E-state index is 11.9. The summed E-state index contributed by atoms with van der Waals surface area (Å²) in [5, 5.41) is 18.4. The van der Waals surface area contributed by atoms with Crippen LogP contribution in [-0.4, -0.2) is 27.8 Å². The van der Waals surface area contributed by atoms with E-state index in [2.05, 4.69) is 0 Å². The van der Waals surface area contributed by atoms with Crippen LogP contribution in [0.15, 0.2) is 18.2 Å². The molecule has 1 aromatic rings. The van der Waals surface area contributed by atoms with Gasteiger partial charge in [0.25, 0.3) is 0 Å². The minimum Gasteiger partial charge on any atom is -0.479 e. The van der Waals surface area contributed by atoms with Crippen LogP contribution >= 0.6 is 23.2 Å². The summed E-state index contributed by atoms with van der Waals surface area (Å²) >= 11 is 11.2. The van der Waals surface area contributed by atoms with Crippen LogP contribution in [0.2, 0.25) is 0 Å². The number of aliphatic carboxylic acids is 1. The molecule has 0 fully saturated rings. The van der Waals surface area contributed by atoms with Gasteiger partial charge in [0.1, 0.15) is 0 Å². The normalized spacial score (nSPS) is 12.2. The molecule has 4 nitrogen and oxygen atoms in total. The van der Waals surface area contributed by atoms with Crippen LogP contribution in [0.3, 0.4) is 0 Å². The molecule has 0 saturated heterocycles. The van der Waals surface area contributed by atoms with E-state index in [0.29, 0.717) is 5.56 Å². The van der Waals surface area contributed by atoms with Gasteiger partial charge in [0.2, 0.25) is 0 Å². The molecule has 6 heteroatoms. The van der Waals surface area contributed by atoms with Gasteiger partial charge >= 0.3 is 5.97 Å². The Balaban J connectivity index is 3.33. The highest BCUT2D eigenvalue weighted by Crippen LogP contribution is 2.25. The minimum absolute atomic E-state index is 0.0516. The van der Waals surface area contributed by atoms with Crippen molar-refractivity contribution >= 4 is 35.0 Å². The van der Waals surface area contributed by atoms with E-state index in [1.807, 2.05) is 0 Å². The molecule has 0 spiro atoms. The lowest BCUT2D eigenvalue weighted by Gasteiger charge is -2.14. The van der Waals surface area contributed by atoms with Crippen molar-refractivity contribution in [2.45, 2.75) is 18.4 Å². The average molecular weight is 291 g/mol. The number of aliphatic hydroxyl groups excluding tert-OH is 1. The van der Waals surface area contributed by atoms with Crippen LogP contribution in [0.25, 0.3) is 0 Å². The number of carbonyl (C=O) groups is 2. The molecule has 1 atom stereocenters. The number of carbonyl (C=O) groups excluding carboxylic acids is 1. The molecule has 0 aliphatic carbocycles. The van der Waals surface area contributed by atoms with Crippen LogP contribution in [0, 0.1) is 0 Å². The Morgan fingerprint density at radius 2 is 1.94 bits per heavy atom. The summed E-state index contributed by atoms with van der Waals surface area (Å²) in [6, 6.07) is 4.57. The molecule has 0 aromatic heterocycles. The van der Waals surface area contributed by atoms with E-state index in [0.717, 1.165) is 0 Å². The number of carboxylic acids is 1. The standard InChI is InChI=1S/C12H12Cl2O4/c13-5-4-9(15)10-7(6-14)2-1-3-8(10)11(16)12(17)18/h1-3,11,16H,4-6H2,(H,17,18). The van der Waals surface area contributed by atoms with Crippen molar-refractivity contribution in [1.29, 1.82) is 0 Å². The van der Waals surface area contributed by atoms with Gasteiger partial charge in [0.15, 0.2) is 11.9 Å². The van der Waals surface area contributed by atoms with E-state index < -0.39 is 12.1 Å². The first-order valence-corrected chi connectivity index (χ1v) is 6.27. The zero-order chi connectivity index (χ0) is 13.7. The van der Waals surface area contributed by atoms with Crippen molar-refractivity contribution in [3.8, 4) is 0 Å². The largest absolute Gasteiger partial charge is 0.479 e. The molecule has 0 bridgehead atoms. The molecular formula is C12H12Cl2O4. The molecule has 0 heterocycles. The van der Waals surface area contributed by atoms with Gasteiger partial charge in [0.05, 0.1) is 0 Å². The van der Waals surface area contributed by atoms with Crippen molar-refractivity contribution in [3.63, 3.8) is 0 Å². The van der Waals surface area contributed by atoms with Gasteiger partial charge in [-0.25, -0.2) is 4.79 Å². The number of carboxylic acid groups (broad SMARTS) is 1. The summed E-state index contributed by atoms with van der Waals surface area (Å²) in [7, 11) is 0. The molecule has 1 aromatic carbocycles. The van der Waals surface area contributed by atoms with Crippen molar-refractivity contribution in [1.82, 2.24) is 0 Å². The molecule has 98 valence electrons. The second-order valence-corrected chi connectivity index (χ2v) is 4.26. The van der Waals surface area contributed by atoms with E-state index in [1.54, 1.807) is 12.1 Å². The van der Waals surface area contributed by atoms with Crippen molar-refractivity contribution in [2.75, 3.05) is 5.88 Å². The van der Waals surface area contributed by atoms with Gasteiger partial charge in [-0.1, -0.05) is 18.2 Å². The SMILES string of the molecule is O=C(CCCl)c1c(CCl)cccc1C(O)C(=O)O. The monoisotopic (exact) mass is 290 g/mol. The number of Topliss-reactive ketones (excluding diaryl/α,β-unsaturated/α-hetero) is 1. The van der Waals surface area contributed by atoms with E-state index in [4.69, 9.17) is 28.3 Å². The highest BCUT2D eigenvalue weighted by atomic mass is 35.5. The number of halogens is 2. The fraction of sp³-hybridized carbons (Fsp3) is 0.333. The molecule has 0 aliphatic rings. The number of alkyl halides is 2. The van der Waals surface area contributed by atoms with Crippen molar-refractivity contribution in [3.05, 3.63) is 34.9 Å². The van der Waals surface area contributed by atoms with E-state index in [1.165, 1.54) is 6.07 Å². The molecule has 0 aliphatic heterocycles. The average Bonchev–Trinajstić information content (AvgIpc) is 2.36. The third-order valence-electron chi connectivity index (χ3n) is 2.46. The minimum atomic E-state index is -1.75. The number of rotatable bonds is 6. The topological polar surface area (TPSA) is 74.6 Å². The molecule has 0 saturated carbocycles. The van der Waals surface area contributed by atoms with Gasteiger partial charge in [-0.2, -0.15) is 0 Å². The van der Waals surface area contributed by atoms with E-state index in [-0.39, 0.29) is 35.1 Å². The molecule has 0 radical (unpaired) electrons. The summed E-state index contributed by atoms with van der Waals surface area (Å²) in [5.41, 5.74) is 0.698. The number of ketones is 1. The maximum atomic E-state index is 11.9. The Bertz CT molecular complexity index is 459. The maximum Gasteiger partial charge on any atom is 0.337 e. The summed E-state index contributed by atoms with van der Waals surface area (Å²) in [6.45, 7) is 0. The number of benzene rings is 1. The zero-order valence-electron chi connectivity index (χ0n) is 9.40. The Morgan fingerprint density at radius 1 is 1.28 bits per heavy atom. The smallest absolute Gasteiger partial charge is 0.337 e. The third kappa shape index (κ3) is 3.22. The van der Waals surface area contributed by atoms with Gasteiger partial charge in [-0.05, 0) is 5.56 Å². The third-order valence-corrected chi connectivity index (χ3v) is 2.93. The number of hydrogen-bond acceptors (Lipinski definition) is 3. The first-order valence-electron chi connectivity index (χ1n) is 5.20. The van der Waals surface area contributed by atoms with Gasteiger partial charge < -0.3 is 10.2 Å². The van der Waals surface area contributed by atoms with Gasteiger partial charge in [-0.3, -0.25) is 4.79 Å². The highest BCUT2D eigenvalue weighted by molar-refractivity contribution is 6.20. The highest BCUT2D eigenvalue weighted by Gasteiger charge is 2.24. The first kappa shape index (κ1) is 15.0. The second-order valence-electron chi connectivity index (χ2n) is 3.62. The quantitative estimate of drug-likeness (QED) is 0.623. The fourth-order valence-corrected chi connectivity index (χ4v) is 2.04. The first-order chi connectivity index (χ1) is 8.52. The van der Waals surface area contributed by atoms with E-state index >= 15 is 0 Å². The van der Waals surface area contributed by atoms with Crippen LogP contribution in [0.1, 0.15) is 34.0 Å². The molecule has 1 rings (SSSR count). The van der Waals surface area contributed by atoms with E-state index in [9.17, 15) is 14.7 Å². The van der Waals surface area contributed by atoms with Gasteiger partial charge in [0, 0.05) is 29.3 Å². The van der Waals surface area contributed by atoms with Crippen LogP contribution in [-0.2, 0) is 10.7 Å². The van der Waals surface area contributed by atoms with Crippen molar-refractivity contribution in [2.24, 2.45) is 0 Å². The molecular weight excluding hydrogens is 279 g/mol. The second kappa shape index (κ2) is 6.73. The molecule has 2 N–H and O–H groups in total. The Morgan fingerprint density at radius 3 is 2.44 bits per heavy atom. The summed E-state index contributed by atoms with van der Waals surface area (Å²) < 4.78 is 0. The molecule has 0 amide bonds. The lowest BCUT2D eigenvalue weighted by molar-refractivity contribution is -0.146. The Kier molecular flexibility index (Phi) is 5.59. The summed E-state index contributed by atoms with van der Waals surface area (Å²) in [6.07, 6.45) is -1.68. The predicted molar refractivity (Wildman–Crippen MR) is 68.3 cm³/mol. The predicted octanol–water partition coefficient (Wildman–Crippen LogP) is 2.35. The lowest BCUT2D eigenvalue weighted by atomic mass is 9.93. The number of hydrogen-bond donors (Lipinski definition) is 2.